The van der Waals surface area contributed by atoms with Crippen LogP contribution < -0.4 is 9.47 Å². The molecule has 106 valence electrons. The fourth-order valence-corrected chi connectivity index (χ4v) is 2.35. The molecule has 20 heavy (non-hydrogen) atoms. The smallest absolute Gasteiger partial charge is 0.174 e. The van der Waals surface area contributed by atoms with Crippen molar-refractivity contribution in [3.8, 4) is 11.5 Å². The number of aliphatic hydroxyl groups is 1. The third-order valence-electron chi connectivity index (χ3n) is 3.29. The van der Waals surface area contributed by atoms with Gasteiger partial charge in [-0.05, 0) is 26.0 Å². The first-order chi connectivity index (χ1) is 9.53. The lowest BCUT2D eigenvalue weighted by Gasteiger charge is -2.35. The van der Waals surface area contributed by atoms with E-state index in [1.165, 1.54) is 0 Å². The van der Waals surface area contributed by atoms with Crippen LogP contribution in [0.3, 0.4) is 0 Å². The number of ether oxygens (including phenoxy) is 2. The Labute approximate surface area is 117 Å². The van der Waals surface area contributed by atoms with Gasteiger partial charge in [0.2, 0.25) is 0 Å². The summed E-state index contributed by atoms with van der Waals surface area (Å²) in [6.07, 6.45) is 1.66. The van der Waals surface area contributed by atoms with Crippen LogP contribution in [0.4, 0.5) is 0 Å². The Kier molecular flexibility index (Phi) is 3.14. The number of benzene rings is 1. The largest absolute Gasteiger partial charge is 0.487 e. The van der Waals surface area contributed by atoms with Crippen molar-refractivity contribution in [3.63, 3.8) is 0 Å². The van der Waals surface area contributed by atoms with Gasteiger partial charge in [0.15, 0.2) is 5.76 Å². The number of nitrogens with zero attached hydrogens (tertiary/aromatic N) is 1. The van der Waals surface area contributed by atoms with Gasteiger partial charge in [-0.25, -0.2) is 0 Å². The molecule has 5 heteroatoms. The molecule has 0 saturated carbocycles. The standard InChI is InChI=1S/C15H17NO4/c1-15(2)8-13(17)12-4-3-10(7-14(12)19-15)18-9-11-5-6-16-20-11/h3-7,13,17H,8-9H2,1-2H3. The molecule has 1 aromatic carbocycles. The molecule has 0 saturated heterocycles. The van der Waals surface area contributed by atoms with Crippen molar-refractivity contribution in [2.75, 3.05) is 0 Å². The lowest BCUT2D eigenvalue weighted by Crippen LogP contribution is -2.34. The lowest BCUT2D eigenvalue weighted by molar-refractivity contribution is 0.0113. The molecule has 1 aliphatic heterocycles. The predicted molar refractivity (Wildman–Crippen MR) is 71.6 cm³/mol. The topological polar surface area (TPSA) is 64.7 Å². The average molecular weight is 275 g/mol. The first-order valence-electron chi connectivity index (χ1n) is 6.57. The summed E-state index contributed by atoms with van der Waals surface area (Å²) >= 11 is 0. The van der Waals surface area contributed by atoms with Crippen LogP contribution in [-0.4, -0.2) is 15.9 Å². The van der Waals surface area contributed by atoms with Gasteiger partial charge in [-0.1, -0.05) is 5.16 Å². The molecule has 3 rings (SSSR count). The molecular weight excluding hydrogens is 258 g/mol. The molecule has 1 unspecified atom stereocenters. The van der Waals surface area contributed by atoms with Crippen LogP contribution in [0.1, 0.15) is 37.7 Å². The van der Waals surface area contributed by atoms with Crippen molar-refractivity contribution in [2.45, 2.75) is 38.6 Å². The minimum Gasteiger partial charge on any atom is -0.487 e. The van der Waals surface area contributed by atoms with Gasteiger partial charge < -0.3 is 19.1 Å². The van der Waals surface area contributed by atoms with E-state index in [9.17, 15) is 5.11 Å². The molecule has 1 atom stereocenters. The van der Waals surface area contributed by atoms with E-state index in [1.54, 1.807) is 18.3 Å². The van der Waals surface area contributed by atoms with Crippen molar-refractivity contribution >= 4 is 0 Å². The van der Waals surface area contributed by atoms with Crippen LogP contribution in [0.2, 0.25) is 0 Å². The molecule has 0 aliphatic carbocycles. The summed E-state index contributed by atoms with van der Waals surface area (Å²) in [5.74, 6) is 2.00. The Morgan fingerprint density at radius 2 is 2.25 bits per heavy atom. The maximum Gasteiger partial charge on any atom is 0.174 e. The Hall–Kier alpha value is -2.01. The van der Waals surface area contributed by atoms with E-state index in [2.05, 4.69) is 5.16 Å². The van der Waals surface area contributed by atoms with E-state index in [0.717, 1.165) is 5.56 Å². The van der Waals surface area contributed by atoms with Gasteiger partial charge >= 0.3 is 0 Å². The Morgan fingerprint density at radius 1 is 1.40 bits per heavy atom. The normalized spacial score (nSPS) is 20.1. The lowest BCUT2D eigenvalue weighted by atomic mass is 9.92. The molecule has 0 spiro atoms. The molecule has 0 amide bonds. The average Bonchev–Trinajstić information content (AvgIpc) is 2.87. The molecule has 1 N–H and O–H groups in total. The zero-order chi connectivity index (χ0) is 14.2. The molecule has 0 radical (unpaired) electrons. The number of hydrogen-bond donors (Lipinski definition) is 1. The fourth-order valence-electron chi connectivity index (χ4n) is 2.35. The minimum atomic E-state index is -0.503. The Bertz CT molecular complexity index is 592. The highest BCUT2D eigenvalue weighted by Crippen LogP contribution is 2.41. The molecule has 5 nitrogen and oxygen atoms in total. The van der Waals surface area contributed by atoms with Crippen LogP contribution in [0.5, 0.6) is 11.5 Å². The zero-order valence-corrected chi connectivity index (χ0v) is 11.5. The highest BCUT2D eigenvalue weighted by Gasteiger charge is 2.32. The third-order valence-corrected chi connectivity index (χ3v) is 3.29. The Balaban J connectivity index is 1.78. The van der Waals surface area contributed by atoms with E-state index < -0.39 is 6.10 Å². The van der Waals surface area contributed by atoms with Crippen LogP contribution in [-0.2, 0) is 6.61 Å². The van der Waals surface area contributed by atoms with Gasteiger partial charge in [0, 0.05) is 24.1 Å². The number of aromatic nitrogens is 1. The molecule has 1 aromatic heterocycles. The van der Waals surface area contributed by atoms with E-state index >= 15 is 0 Å². The van der Waals surface area contributed by atoms with Crippen molar-refractivity contribution in [1.82, 2.24) is 5.16 Å². The van der Waals surface area contributed by atoms with Crippen LogP contribution in [0, 0.1) is 0 Å². The van der Waals surface area contributed by atoms with E-state index in [4.69, 9.17) is 14.0 Å². The van der Waals surface area contributed by atoms with Gasteiger partial charge in [0.25, 0.3) is 0 Å². The third kappa shape index (κ3) is 2.63. The van der Waals surface area contributed by atoms with Gasteiger partial charge in [-0.3, -0.25) is 0 Å². The second-order valence-electron chi connectivity index (χ2n) is 5.55. The highest BCUT2D eigenvalue weighted by atomic mass is 16.5. The number of hydrogen-bond acceptors (Lipinski definition) is 5. The quantitative estimate of drug-likeness (QED) is 0.933. The van der Waals surface area contributed by atoms with E-state index in [0.29, 0.717) is 30.3 Å². The second kappa shape index (κ2) is 4.83. The molecule has 1 aliphatic rings. The fraction of sp³-hybridized carbons (Fsp3) is 0.400. The van der Waals surface area contributed by atoms with Gasteiger partial charge in [-0.15, -0.1) is 0 Å². The van der Waals surface area contributed by atoms with Crippen molar-refractivity contribution in [3.05, 3.63) is 41.8 Å². The first-order valence-corrected chi connectivity index (χ1v) is 6.57. The van der Waals surface area contributed by atoms with Crippen molar-refractivity contribution in [1.29, 1.82) is 0 Å². The molecule has 2 aromatic rings. The number of aliphatic hydroxyl groups excluding tert-OH is 1. The zero-order valence-electron chi connectivity index (χ0n) is 11.5. The second-order valence-corrected chi connectivity index (χ2v) is 5.55. The van der Waals surface area contributed by atoms with Crippen LogP contribution in [0.25, 0.3) is 0 Å². The number of rotatable bonds is 3. The van der Waals surface area contributed by atoms with Crippen LogP contribution in [0.15, 0.2) is 35.0 Å². The minimum absolute atomic E-state index is 0.310. The maximum absolute atomic E-state index is 10.1. The molecule has 0 bridgehead atoms. The van der Waals surface area contributed by atoms with Crippen molar-refractivity contribution < 1.29 is 19.1 Å². The SMILES string of the molecule is CC1(C)CC(O)c2ccc(OCc3ccno3)cc2O1. The van der Waals surface area contributed by atoms with Gasteiger partial charge in [0.1, 0.15) is 23.7 Å². The summed E-state index contributed by atoms with van der Waals surface area (Å²) < 4.78 is 16.5. The summed E-state index contributed by atoms with van der Waals surface area (Å²) in [6, 6.07) is 7.21. The van der Waals surface area contributed by atoms with Crippen molar-refractivity contribution in [2.24, 2.45) is 0 Å². The first kappa shape index (κ1) is 13.0. The van der Waals surface area contributed by atoms with Gasteiger partial charge in [0.05, 0.1) is 12.3 Å². The summed E-state index contributed by atoms with van der Waals surface area (Å²) in [6.45, 7) is 4.23. The Morgan fingerprint density at radius 3 is 3.00 bits per heavy atom. The van der Waals surface area contributed by atoms with E-state index in [1.807, 2.05) is 26.0 Å². The van der Waals surface area contributed by atoms with E-state index in [-0.39, 0.29) is 5.60 Å². The predicted octanol–water partition coefficient (Wildman–Crippen LogP) is 2.85. The number of fused-ring (bicyclic) bond motifs is 1. The monoisotopic (exact) mass is 275 g/mol. The maximum atomic E-state index is 10.1. The summed E-state index contributed by atoms with van der Waals surface area (Å²) in [5.41, 5.74) is 0.423. The van der Waals surface area contributed by atoms with Gasteiger partial charge in [-0.2, -0.15) is 0 Å². The highest BCUT2D eigenvalue weighted by molar-refractivity contribution is 5.43. The molecule has 2 heterocycles. The van der Waals surface area contributed by atoms with Crippen LogP contribution >= 0.6 is 0 Å². The molecular formula is C15H17NO4. The summed E-state index contributed by atoms with van der Waals surface area (Å²) in [4.78, 5) is 0. The molecule has 0 fully saturated rings. The summed E-state index contributed by atoms with van der Waals surface area (Å²) in [7, 11) is 0. The summed E-state index contributed by atoms with van der Waals surface area (Å²) in [5, 5.41) is 13.7.